The number of amides is 1. The third-order valence-corrected chi connectivity index (χ3v) is 4.95. The number of aliphatic imine (C=N–C) groups is 1. The predicted molar refractivity (Wildman–Crippen MR) is 116 cm³/mol. The molecule has 1 aliphatic heterocycles. The Morgan fingerprint density at radius 3 is 2.57 bits per heavy atom. The highest BCUT2D eigenvalue weighted by atomic mass is 35.5. The number of ether oxygens (including phenoxy) is 2. The molecule has 30 heavy (non-hydrogen) atoms. The molecule has 3 rings (SSSR count). The lowest BCUT2D eigenvalue weighted by atomic mass is 10.1. The van der Waals surface area contributed by atoms with Crippen LogP contribution in [0.4, 0.5) is 5.69 Å². The maximum absolute atomic E-state index is 12.7. The Hall–Kier alpha value is -2.90. The molecular weight excluding hydrogens is 406 g/mol. The number of nitrogens with one attached hydrogen (secondary N) is 2. The van der Waals surface area contributed by atoms with Crippen molar-refractivity contribution in [3.05, 3.63) is 64.2 Å². The average molecular weight is 430 g/mol. The lowest BCUT2D eigenvalue weighted by Gasteiger charge is -2.15. The summed E-state index contributed by atoms with van der Waals surface area (Å²) in [6.07, 6.45) is 2.00. The fourth-order valence-electron chi connectivity index (χ4n) is 3.04. The normalized spacial score (nSPS) is 16.2. The maximum atomic E-state index is 12.7. The minimum absolute atomic E-state index is 0.0457. The number of guanidine groups is 1. The molecule has 1 amide bonds. The van der Waals surface area contributed by atoms with Crippen molar-refractivity contribution in [2.45, 2.75) is 25.9 Å². The number of esters is 1. The summed E-state index contributed by atoms with van der Waals surface area (Å²) in [5.74, 6) is -0.491. The molecule has 1 atom stereocenters. The number of benzene rings is 2. The molecule has 8 heteroatoms. The van der Waals surface area contributed by atoms with Crippen LogP contribution in [0.3, 0.4) is 0 Å². The van der Waals surface area contributed by atoms with E-state index in [0.717, 1.165) is 30.7 Å². The summed E-state index contributed by atoms with van der Waals surface area (Å²) < 4.78 is 10.3. The number of carbonyl (C=O) groups is 2. The number of hydrogen-bond acceptors (Lipinski definition) is 5. The highest BCUT2D eigenvalue weighted by Gasteiger charge is 2.17. The summed E-state index contributed by atoms with van der Waals surface area (Å²) in [6.45, 7) is 3.09. The first-order valence-electron chi connectivity index (χ1n) is 9.65. The van der Waals surface area contributed by atoms with Crippen LogP contribution in [0.15, 0.2) is 47.5 Å². The van der Waals surface area contributed by atoms with Crippen molar-refractivity contribution < 1.29 is 19.1 Å². The summed E-state index contributed by atoms with van der Waals surface area (Å²) >= 11 is 6.03. The van der Waals surface area contributed by atoms with E-state index < -0.39 is 5.97 Å². The number of hydrogen-bond donors (Lipinski definition) is 2. The molecule has 0 aliphatic carbocycles. The van der Waals surface area contributed by atoms with E-state index >= 15 is 0 Å². The van der Waals surface area contributed by atoms with Crippen molar-refractivity contribution in [3.8, 4) is 0 Å². The van der Waals surface area contributed by atoms with Crippen molar-refractivity contribution in [2.24, 2.45) is 4.99 Å². The second-order valence-electron chi connectivity index (χ2n) is 6.93. The van der Waals surface area contributed by atoms with Crippen molar-refractivity contribution in [1.29, 1.82) is 0 Å². The molecule has 0 bridgehead atoms. The number of carbonyl (C=O) groups excluding carboxylic acids is 2. The Morgan fingerprint density at radius 2 is 1.93 bits per heavy atom. The van der Waals surface area contributed by atoms with Crippen LogP contribution < -0.4 is 10.6 Å². The van der Waals surface area contributed by atoms with Gasteiger partial charge in [0.1, 0.15) is 0 Å². The molecule has 2 aromatic rings. The second-order valence-corrected chi connectivity index (χ2v) is 7.37. The van der Waals surface area contributed by atoms with Gasteiger partial charge in [0.25, 0.3) is 5.91 Å². The highest BCUT2D eigenvalue weighted by molar-refractivity contribution is 6.30. The minimum atomic E-state index is -0.458. The van der Waals surface area contributed by atoms with Gasteiger partial charge >= 0.3 is 5.97 Å². The molecule has 2 aromatic carbocycles. The zero-order valence-corrected chi connectivity index (χ0v) is 17.7. The predicted octanol–water partition coefficient (Wildman–Crippen LogP) is 3.81. The number of halogens is 1. The van der Waals surface area contributed by atoms with Gasteiger partial charge in [0, 0.05) is 22.9 Å². The standard InChI is InChI=1S/C22H24ClN3O4/c1-14-12-17(23)9-10-19(14)25-22(24-13-18-4-3-11-30-18)26-20(27)15-5-7-16(8-6-15)21(28)29-2/h5-10,12,18H,3-4,11,13H2,1-2H3,(H2,24,25,26,27)/t18-/m1/s1. The van der Waals surface area contributed by atoms with Crippen LogP contribution in [0.5, 0.6) is 0 Å². The Bertz CT molecular complexity index is 938. The summed E-state index contributed by atoms with van der Waals surface area (Å²) in [4.78, 5) is 28.8. The third-order valence-electron chi connectivity index (χ3n) is 4.72. The topological polar surface area (TPSA) is 89.0 Å². The van der Waals surface area contributed by atoms with Gasteiger partial charge in [-0.1, -0.05) is 11.6 Å². The molecule has 158 valence electrons. The van der Waals surface area contributed by atoms with Crippen LogP contribution in [0.2, 0.25) is 5.02 Å². The van der Waals surface area contributed by atoms with Gasteiger partial charge in [-0.25, -0.2) is 9.79 Å². The SMILES string of the molecule is COC(=O)c1ccc(C(=O)NC(=NC[C@H]2CCCO2)Nc2ccc(Cl)cc2C)cc1. The number of rotatable bonds is 5. The number of anilines is 1. The van der Waals surface area contributed by atoms with Gasteiger partial charge < -0.3 is 14.8 Å². The van der Waals surface area contributed by atoms with E-state index in [4.69, 9.17) is 16.3 Å². The van der Waals surface area contributed by atoms with Crippen LogP contribution in [0.25, 0.3) is 0 Å². The summed E-state index contributed by atoms with van der Waals surface area (Å²) in [5, 5.41) is 6.60. The molecule has 1 aliphatic rings. The van der Waals surface area contributed by atoms with Crippen LogP contribution in [0.1, 0.15) is 39.1 Å². The number of nitrogens with zero attached hydrogens (tertiary/aromatic N) is 1. The largest absolute Gasteiger partial charge is 0.465 e. The van der Waals surface area contributed by atoms with Crippen LogP contribution in [-0.2, 0) is 9.47 Å². The lowest BCUT2D eigenvalue weighted by Crippen LogP contribution is -2.37. The van der Waals surface area contributed by atoms with Crippen molar-refractivity contribution >= 4 is 35.1 Å². The van der Waals surface area contributed by atoms with Crippen LogP contribution in [0, 0.1) is 6.92 Å². The van der Waals surface area contributed by atoms with Gasteiger partial charge in [-0.2, -0.15) is 0 Å². The number of aryl methyl sites for hydroxylation is 1. The smallest absolute Gasteiger partial charge is 0.337 e. The fraction of sp³-hybridized carbons (Fsp3) is 0.318. The van der Waals surface area contributed by atoms with E-state index in [1.54, 1.807) is 30.3 Å². The van der Waals surface area contributed by atoms with Gasteiger partial charge in [0.15, 0.2) is 0 Å². The van der Waals surface area contributed by atoms with Gasteiger partial charge in [-0.15, -0.1) is 0 Å². The molecule has 7 nitrogen and oxygen atoms in total. The first-order chi connectivity index (χ1) is 14.5. The third kappa shape index (κ3) is 5.81. The van der Waals surface area contributed by atoms with Gasteiger partial charge in [0.2, 0.25) is 5.96 Å². The Kier molecular flexibility index (Phi) is 7.43. The van der Waals surface area contributed by atoms with E-state index in [1.165, 1.54) is 7.11 Å². The number of methoxy groups -OCH3 is 1. The van der Waals surface area contributed by atoms with Crippen molar-refractivity contribution in [3.63, 3.8) is 0 Å². The zero-order valence-electron chi connectivity index (χ0n) is 16.9. The zero-order chi connectivity index (χ0) is 21.5. The van der Waals surface area contributed by atoms with E-state index in [1.807, 2.05) is 19.1 Å². The molecule has 0 radical (unpaired) electrons. The second kappa shape index (κ2) is 10.2. The summed E-state index contributed by atoms with van der Waals surface area (Å²) in [6, 6.07) is 11.6. The quantitative estimate of drug-likeness (QED) is 0.428. The Morgan fingerprint density at radius 1 is 1.20 bits per heavy atom. The molecule has 0 saturated carbocycles. The van der Waals surface area contributed by atoms with Crippen LogP contribution in [-0.4, -0.2) is 44.2 Å². The summed E-state index contributed by atoms with van der Waals surface area (Å²) in [5.41, 5.74) is 2.47. The van der Waals surface area contributed by atoms with Gasteiger partial charge in [0.05, 0.1) is 25.3 Å². The molecule has 1 saturated heterocycles. The monoisotopic (exact) mass is 429 g/mol. The molecule has 0 spiro atoms. The minimum Gasteiger partial charge on any atom is -0.465 e. The van der Waals surface area contributed by atoms with Crippen molar-refractivity contribution in [2.75, 3.05) is 25.6 Å². The average Bonchev–Trinajstić information content (AvgIpc) is 3.27. The fourth-order valence-corrected chi connectivity index (χ4v) is 3.27. The van der Waals surface area contributed by atoms with Crippen molar-refractivity contribution in [1.82, 2.24) is 5.32 Å². The molecule has 2 N–H and O–H groups in total. The van der Waals surface area contributed by atoms with E-state index in [2.05, 4.69) is 20.4 Å². The van der Waals surface area contributed by atoms with E-state index in [9.17, 15) is 9.59 Å². The maximum Gasteiger partial charge on any atom is 0.337 e. The molecule has 0 aromatic heterocycles. The first kappa shape index (κ1) is 21.8. The Labute approximate surface area is 180 Å². The molecule has 1 fully saturated rings. The molecular formula is C22H24ClN3O4. The molecule has 0 unspecified atom stereocenters. The highest BCUT2D eigenvalue weighted by Crippen LogP contribution is 2.20. The van der Waals surface area contributed by atoms with Crippen LogP contribution >= 0.6 is 11.6 Å². The van der Waals surface area contributed by atoms with Gasteiger partial charge in [-0.05, 0) is 67.8 Å². The van der Waals surface area contributed by atoms with E-state index in [0.29, 0.717) is 28.7 Å². The summed E-state index contributed by atoms with van der Waals surface area (Å²) in [7, 11) is 1.31. The molecule has 1 heterocycles. The van der Waals surface area contributed by atoms with Gasteiger partial charge in [-0.3, -0.25) is 10.1 Å². The first-order valence-corrected chi connectivity index (χ1v) is 10.0. The lowest BCUT2D eigenvalue weighted by molar-refractivity contribution is 0.0600. The Balaban J connectivity index is 1.75. The van der Waals surface area contributed by atoms with E-state index in [-0.39, 0.29) is 12.0 Å².